The van der Waals surface area contributed by atoms with Crippen molar-refractivity contribution in [2.75, 3.05) is 18.5 Å². The minimum absolute atomic E-state index is 0.277. The summed E-state index contributed by atoms with van der Waals surface area (Å²) >= 11 is 1.11. The number of thiophene rings is 1. The topological polar surface area (TPSA) is 94.8 Å². The Hall–Kier alpha value is -2.87. The van der Waals surface area contributed by atoms with Crippen LogP contribution in [-0.4, -0.2) is 31.1 Å². The molecule has 1 amide bonds. The van der Waals surface area contributed by atoms with Crippen molar-refractivity contribution < 1.29 is 28.3 Å². The lowest BCUT2D eigenvalue weighted by atomic mass is 10.3. The molecule has 0 radical (unpaired) electrons. The van der Waals surface area contributed by atoms with E-state index < -0.39 is 24.5 Å². The monoisotopic (exact) mass is 363 g/mol. The molecule has 0 atom stereocenters. The van der Waals surface area contributed by atoms with Gasteiger partial charge in [-0.1, -0.05) is 0 Å². The van der Waals surface area contributed by atoms with Gasteiger partial charge in [0.15, 0.2) is 6.61 Å². The zero-order chi connectivity index (χ0) is 18.2. The maximum atomic E-state index is 11.8. The molecular weight excluding hydrogens is 346 g/mol. The Morgan fingerprint density at radius 2 is 2.12 bits per heavy atom. The maximum Gasteiger partial charge on any atom is 0.348 e. The highest BCUT2D eigenvalue weighted by Crippen LogP contribution is 2.27. The molecule has 132 valence electrons. The highest BCUT2D eigenvalue weighted by atomic mass is 32.1. The van der Waals surface area contributed by atoms with Gasteiger partial charge in [-0.15, -0.1) is 11.3 Å². The number of rotatable bonds is 7. The van der Waals surface area contributed by atoms with Gasteiger partial charge < -0.3 is 19.2 Å². The molecule has 0 saturated heterocycles. The van der Waals surface area contributed by atoms with Crippen molar-refractivity contribution in [3.63, 3.8) is 0 Å². The third kappa shape index (κ3) is 5.61. The molecule has 25 heavy (non-hydrogen) atoms. The van der Waals surface area contributed by atoms with E-state index in [9.17, 15) is 14.4 Å². The van der Waals surface area contributed by atoms with Gasteiger partial charge in [0.2, 0.25) is 0 Å². The third-order valence-electron chi connectivity index (χ3n) is 2.91. The predicted octanol–water partition coefficient (Wildman–Crippen LogP) is 3.02. The number of amides is 1. The second-order valence-electron chi connectivity index (χ2n) is 4.85. The molecule has 0 aliphatic rings. The van der Waals surface area contributed by atoms with E-state index in [0.29, 0.717) is 21.2 Å². The second kappa shape index (κ2) is 8.84. The van der Waals surface area contributed by atoms with Crippen molar-refractivity contribution in [3.8, 4) is 0 Å². The summed E-state index contributed by atoms with van der Waals surface area (Å²) in [4.78, 5) is 35.5. The van der Waals surface area contributed by atoms with Gasteiger partial charge in [-0.3, -0.25) is 4.79 Å². The lowest BCUT2D eigenvalue weighted by Crippen LogP contribution is -2.19. The van der Waals surface area contributed by atoms with Crippen LogP contribution >= 0.6 is 11.3 Å². The molecule has 0 saturated carbocycles. The first-order valence-corrected chi connectivity index (χ1v) is 8.27. The first-order chi connectivity index (χ1) is 12.0. The summed E-state index contributed by atoms with van der Waals surface area (Å²) in [6.07, 6.45) is 4.08. The number of aryl methyl sites for hydroxylation is 1. The average molecular weight is 363 g/mol. The molecule has 2 aromatic rings. The molecule has 0 spiro atoms. The minimum Gasteiger partial charge on any atom is -0.465 e. The number of furan rings is 1. The summed E-state index contributed by atoms with van der Waals surface area (Å²) in [7, 11) is 0. The van der Waals surface area contributed by atoms with Crippen LogP contribution in [-0.2, 0) is 19.1 Å². The largest absolute Gasteiger partial charge is 0.465 e. The van der Waals surface area contributed by atoms with Gasteiger partial charge in [0.25, 0.3) is 5.91 Å². The molecule has 0 fully saturated rings. The molecule has 8 heteroatoms. The Kier molecular flexibility index (Phi) is 6.53. The van der Waals surface area contributed by atoms with Gasteiger partial charge in [0.1, 0.15) is 10.6 Å². The van der Waals surface area contributed by atoms with Crippen LogP contribution in [0.25, 0.3) is 6.08 Å². The molecule has 7 nitrogen and oxygen atoms in total. The van der Waals surface area contributed by atoms with Gasteiger partial charge in [0.05, 0.1) is 17.9 Å². The SMILES string of the molecule is CCOC(=O)c1sc(NC(=O)COC(=O)/C=C/c2ccco2)cc1C. The van der Waals surface area contributed by atoms with E-state index in [1.807, 2.05) is 0 Å². The van der Waals surface area contributed by atoms with Gasteiger partial charge in [-0.2, -0.15) is 0 Å². The Labute approximate surface area is 148 Å². The Morgan fingerprint density at radius 1 is 1.32 bits per heavy atom. The normalized spacial score (nSPS) is 10.6. The van der Waals surface area contributed by atoms with Crippen molar-refractivity contribution in [2.45, 2.75) is 13.8 Å². The Balaban J connectivity index is 1.83. The lowest BCUT2D eigenvalue weighted by Gasteiger charge is -2.02. The van der Waals surface area contributed by atoms with Crippen LogP contribution in [0.15, 0.2) is 35.0 Å². The van der Waals surface area contributed by atoms with Crippen LogP contribution in [0.5, 0.6) is 0 Å². The number of anilines is 1. The fraction of sp³-hybridized carbons (Fsp3) is 0.235. The highest BCUT2D eigenvalue weighted by Gasteiger charge is 2.16. The Morgan fingerprint density at radius 3 is 2.80 bits per heavy atom. The van der Waals surface area contributed by atoms with E-state index in [1.165, 1.54) is 18.4 Å². The molecule has 2 rings (SSSR count). The maximum absolute atomic E-state index is 11.8. The minimum atomic E-state index is -0.666. The van der Waals surface area contributed by atoms with E-state index in [-0.39, 0.29) is 6.61 Å². The smallest absolute Gasteiger partial charge is 0.348 e. The van der Waals surface area contributed by atoms with Gasteiger partial charge in [-0.25, -0.2) is 9.59 Å². The molecule has 0 unspecified atom stereocenters. The van der Waals surface area contributed by atoms with Crippen molar-refractivity contribution >= 4 is 40.3 Å². The molecule has 2 heterocycles. The predicted molar refractivity (Wildman–Crippen MR) is 92.3 cm³/mol. The van der Waals surface area contributed by atoms with Crippen molar-refractivity contribution in [3.05, 3.63) is 46.7 Å². The summed E-state index contributed by atoms with van der Waals surface area (Å²) in [5.74, 6) is -1.10. The first-order valence-electron chi connectivity index (χ1n) is 7.45. The number of carbonyl (C=O) groups is 3. The highest BCUT2D eigenvalue weighted by molar-refractivity contribution is 7.18. The summed E-state index contributed by atoms with van der Waals surface area (Å²) in [6.45, 7) is 3.31. The summed E-state index contributed by atoms with van der Waals surface area (Å²) < 4.78 is 14.8. The molecule has 0 aliphatic heterocycles. The summed E-state index contributed by atoms with van der Waals surface area (Å²) in [6, 6.07) is 5.02. The molecule has 2 aromatic heterocycles. The number of ether oxygens (including phenoxy) is 2. The quantitative estimate of drug-likeness (QED) is 0.600. The van der Waals surface area contributed by atoms with Crippen LogP contribution in [0.1, 0.15) is 27.9 Å². The lowest BCUT2D eigenvalue weighted by molar-refractivity contribution is -0.142. The van der Waals surface area contributed by atoms with E-state index in [0.717, 1.165) is 11.3 Å². The number of carbonyl (C=O) groups excluding carboxylic acids is 3. The second-order valence-corrected chi connectivity index (χ2v) is 5.90. The van der Waals surface area contributed by atoms with Crippen LogP contribution in [0.3, 0.4) is 0 Å². The average Bonchev–Trinajstić information content (AvgIpc) is 3.21. The molecule has 1 N–H and O–H groups in total. The van der Waals surface area contributed by atoms with E-state index in [4.69, 9.17) is 13.9 Å². The number of hydrogen-bond donors (Lipinski definition) is 1. The molecule has 0 aliphatic carbocycles. The van der Waals surface area contributed by atoms with Crippen molar-refractivity contribution in [2.24, 2.45) is 0 Å². The van der Waals surface area contributed by atoms with Crippen LogP contribution in [0.2, 0.25) is 0 Å². The van der Waals surface area contributed by atoms with E-state index >= 15 is 0 Å². The van der Waals surface area contributed by atoms with Crippen molar-refractivity contribution in [1.29, 1.82) is 0 Å². The van der Waals surface area contributed by atoms with Gasteiger partial charge in [0, 0.05) is 6.08 Å². The van der Waals surface area contributed by atoms with Gasteiger partial charge >= 0.3 is 11.9 Å². The van der Waals surface area contributed by atoms with Crippen LogP contribution in [0, 0.1) is 6.92 Å². The molecule has 0 aromatic carbocycles. The van der Waals surface area contributed by atoms with E-state index in [1.54, 1.807) is 32.0 Å². The zero-order valence-electron chi connectivity index (χ0n) is 13.7. The number of esters is 2. The fourth-order valence-electron chi connectivity index (χ4n) is 1.84. The van der Waals surface area contributed by atoms with Gasteiger partial charge in [-0.05, 0) is 43.7 Å². The zero-order valence-corrected chi connectivity index (χ0v) is 14.6. The fourth-order valence-corrected chi connectivity index (χ4v) is 2.82. The number of nitrogens with one attached hydrogen (secondary N) is 1. The number of hydrogen-bond acceptors (Lipinski definition) is 7. The van der Waals surface area contributed by atoms with Crippen LogP contribution in [0.4, 0.5) is 5.00 Å². The van der Waals surface area contributed by atoms with E-state index in [2.05, 4.69) is 5.32 Å². The van der Waals surface area contributed by atoms with Crippen LogP contribution < -0.4 is 5.32 Å². The first kappa shape index (κ1) is 18.5. The molecule has 0 bridgehead atoms. The summed E-state index contributed by atoms with van der Waals surface area (Å²) in [5.41, 5.74) is 0.706. The Bertz CT molecular complexity index is 775. The standard InChI is InChI=1S/C17H17NO6S/c1-3-22-17(21)16-11(2)9-14(25-16)18-13(19)10-24-15(20)7-6-12-5-4-8-23-12/h4-9H,3,10H2,1-2H3,(H,18,19)/b7-6+. The molecular formula is C17H17NO6S. The summed E-state index contributed by atoms with van der Waals surface area (Å²) in [5, 5.41) is 3.06. The third-order valence-corrected chi connectivity index (χ3v) is 4.05. The van der Waals surface area contributed by atoms with Crippen molar-refractivity contribution in [1.82, 2.24) is 0 Å².